The zero-order valence-electron chi connectivity index (χ0n) is 15.1. The van der Waals surface area contributed by atoms with Gasteiger partial charge < -0.3 is 9.47 Å². The summed E-state index contributed by atoms with van der Waals surface area (Å²) in [5.41, 5.74) is 2.00. The van der Waals surface area contributed by atoms with Crippen molar-refractivity contribution in [2.24, 2.45) is 0 Å². The Labute approximate surface area is 178 Å². The number of halogens is 2. The molecule has 0 saturated carbocycles. The molecule has 0 amide bonds. The quantitative estimate of drug-likeness (QED) is 0.209. The lowest BCUT2D eigenvalue weighted by Crippen LogP contribution is -2.17. The van der Waals surface area contributed by atoms with Crippen LogP contribution in [0, 0.1) is 11.3 Å². The number of rotatable bonds is 6. The van der Waals surface area contributed by atoms with Crippen molar-refractivity contribution in [2.75, 3.05) is 6.61 Å². The summed E-state index contributed by atoms with van der Waals surface area (Å²) < 4.78 is 10.6. The van der Waals surface area contributed by atoms with Crippen LogP contribution in [-0.2, 0) is 4.79 Å². The third-order valence-corrected chi connectivity index (χ3v) is 4.34. The Bertz CT molecular complexity index is 1070. The van der Waals surface area contributed by atoms with Crippen LogP contribution in [-0.4, -0.2) is 12.6 Å². The van der Waals surface area contributed by atoms with E-state index in [0.29, 0.717) is 27.1 Å². The number of benzene rings is 3. The summed E-state index contributed by atoms with van der Waals surface area (Å²) in [7, 11) is 0. The molecule has 0 heterocycles. The van der Waals surface area contributed by atoms with Crippen molar-refractivity contribution in [3.8, 4) is 17.6 Å². The van der Waals surface area contributed by atoms with Crippen LogP contribution in [0.2, 0.25) is 10.0 Å². The number of nitriles is 1. The predicted octanol–water partition coefficient (Wildman–Crippen LogP) is 6.04. The first kappa shape index (κ1) is 20.5. The summed E-state index contributed by atoms with van der Waals surface area (Å²) in [6.07, 6.45) is 1.74. The van der Waals surface area contributed by atoms with E-state index in [0.717, 1.165) is 11.1 Å². The highest BCUT2D eigenvalue weighted by molar-refractivity contribution is 6.31. The van der Waals surface area contributed by atoms with E-state index in [-0.39, 0.29) is 6.61 Å². The lowest BCUT2D eigenvalue weighted by molar-refractivity contribution is -0.136. The molecule has 0 fully saturated rings. The molecule has 6 heteroatoms. The van der Waals surface area contributed by atoms with Gasteiger partial charge in [0.1, 0.15) is 11.5 Å². The minimum atomic E-state index is -0.528. The molecule has 3 aromatic rings. The monoisotopic (exact) mass is 423 g/mol. The van der Waals surface area contributed by atoms with Gasteiger partial charge in [-0.3, -0.25) is 0 Å². The minimum Gasteiger partial charge on any atom is -0.482 e. The molecule has 0 bridgehead atoms. The first-order valence-electron chi connectivity index (χ1n) is 8.60. The summed E-state index contributed by atoms with van der Waals surface area (Å²) in [4.78, 5) is 11.9. The van der Waals surface area contributed by atoms with E-state index in [9.17, 15) is 10.1 Å². The molecule has 4 nitrogen and oxygen atoms in total. The molecule has 0 N–H and O–H groups in total. The van der Waals surface area contributed by atoms with Gasteiger partial charge in [-0.2, -0.15) is 5.26 Å². The number of hydrogen-bond donors (Lipinski definition) is 0. The van der Waals surface area contributed by atoms with Gasteiger partial charge in [-0.05, 0) is 65.7 Å². The molecule has 3 rings (SSSR count). The van der Waals surface area contributed by atoms with Crippen molar-refractivity contribution in [1.29, 1.82) is 5.26 Å². The lowest BCUT2D eigenvalue weighted by Gasteiger charge is -2.07. The van der Waals surface area contributed by atoms with Crippen molar-refractivity contribution in [2.45, 2.75) is 0 Å². The second kappa shape index (κ2) is 9.79. The summed E-state index contributed by atoms with van der Waals surface area (Å²) in [5.74, 6) is 0.380. The summed E-state index contributed by atoms with van der Waals surface area (Å²) >= 11 is 11.8. The van der Waals surface area contributed by atoms with Crippen LogP contribution in [0.3, 0.4) is 0 Å². The average molecular weight is 424 g/mol. The third-order valence-electron chi connectivity index (χ3n) is 3.85. The van der Waals surface area contributed by atoms with E-state index in [1.807, 2.05) is 6.07 Å². The van der Waals surface area contributed by atoms with Gasteiger partial charge in [0.2, 0.25) is 0 Å². The molecule has 0 atom stereocenters. The normalized spacial score (nSPS) is 10.9. The van der Waals surface area contributed by atoms with Crippen molar-refractivity contribution in [1.82, 2.24) is 0 Å². The zero-order chi connectivity index (χ0) is 20.6. The molecule has 3 aromatic carbocycles. The molecule has 29 heavy (non-hydrogen) atoms. The Balaban J connectivity index is 1.61. The van der Waals surface area contributed by atoms with E-state index in [1.165, 1.54) is 0 Å². The second-order valence-electron chi connectivity index (χ2n) is 5.97. The van der Waals surface area contributed by atoms with E-state index in [4.69, 9.17) is 32.7 Å². The smallest absolute Gasteiger partial charge is 0.349 e. The first-order chi connectivity index (χ1) is 14.0. The number of carbonyl (C=O) groups excluding carboxylic acids is 1. The van der Waals surface area contributed by atoms with Crippen LogP contribution in [0.25, 0.3) is 11.6 Å². The molecule has 0 aliphatic heterocycles. The van der Waals surface area contributed by atoms with Gasteiger partial charge in [0, 0.05) is 10.0 Å². The van der Waals surface area contributed by atoms with Gasteiger partial charge in [-0.1, -0.05) is 47.5 Å². The SMILES string of the molecule is N#C/C(=C/c1ccc(OC(=O)COc2ccc(Cl)cc2)cc1)c1cccc(Cl)c1. The van der Waals surface area contributed by atoms with E-state index in [2.05, 4.69) is 6.07 Å². The van der Waals surface area contributed by atoms with Crippen molar-refractivity contribution in [3.63, 3.8) is 0 Å². The fourth-order valence-electron chi connectivity index (χ4n) is 2.47. The van der Waals surface area contributed by atoms with Crippen molar-refractivity contribution < 1.29 is 14.3 Å². The topological polar surface area (TPSA) is 59.3 Å². The molecular weight excluding hydrogens is 409 g/mol. The van der Waals surface area contributed by atoms with Gasteiger partial charge in [-0.15, -0.1) is 0 Å². The number of nitrogens with zero attached hydrogens (tertiary/aromatic N) is 1. The van der Waals surface area contributed by atoms with Gasteiger partial charge in [0.15, 0.2) is 6.61 Å². The Morgan fingerprint density at radius 3 is 2.28 bits per heavy atom. The molecule has 0 unspecified atom stereocenters. The van der Waals surface area contributed by atoms with Crippen molar-refractivity contribution >= 4 is 40.8 Å². The maximum atomic E-state index is 11.9. The standard InChI is InChI=1S/C23H15Cl2NO3/c24-19-6-10-21(11-7-19)28-15-23(27)29-22-8-4-16(5-9-22)12-18(14-26)17-2-1-3-20(25)13-17/h1-13H,15H2/b18-12-. The average Bonchev–Trinajstić information content (AvgIpc) is 2.73. The number of ether oxygens (including phenoxy) is 2. The molecular formula is C23H15Cl2NO3. The molecule has 0 spiro atoms. The first-order valence-corrected chi connectivity index (χ1v) is 9.36. The predicted molar refractivity (Wildman–Crippen MR) is 114 cm³/mol. The van der Waals surface area contributed by atoms with Crippen LogP contribution in [0.5, 0.6) is 11.5 Å². The van der Waals surface area contributed by atoms with E-state index < -0.39 is 5.97 Å². The highest BCUT2D eigenvalue weighted by Crippen LogP contribution is 2.22. The zero-order valence-corrected chi connectivity index (χ0v) is 16.7. The Hall–Kier alpha value is -3.26. The molecule has 144 valence electrons. The highest BCUT2D eigenvalue weighted by atomic mass is 35.5. The van der Waals surface area contributed by atoms with Crippen LogP contribution in [0.1, 0.15) is 11.1 Å². The molecule has 0 aliphatic rings. The number of hydrogen-bond acceptors (Lipinski definition) is 4. The summed E-state index contributed by atoms with van der Waals surface area (Å²) in [6, 6.07) is 22.8. The van der Waals surface area contributed by atoms with E-state index in [1.54, 1.807) is 72.8 Å². The number of esters is 1. The van der Waals surface area contributed by atoms with Gasteiger partial charge in [-0.25, -0.2) is 4.79 Å². The minimum absolute atomic E-state index is 0.226. The van der Waals surface area contributed by atoms with Gasteiger partial charge in [0.05, 0.1) is 11.6 Å². The van der Waals surface area contributed by atoms with Crippen LogP contribution >= 0.6 is 23.2 Å². The largest absolute Gasteiger partial charge is 0.482 e. The second-order valence-corrected chi connectivity index (χ2v) is 6.84. The van der Waals surface area contributed by atoms with Crippen molar-refractivity contribution in [3.05, 3.63) is 94.0 Å². The Morgan fingerprint density at radius 2 is 1.62 bits per heavy atom. The summed E-state index contributed by atoms with van der Waals surface area (Å²) in [5, 5.41) is 10.6. The molecule has 0 aliphatic carbocycles. The Morgan fingerprint density at radius 1 is 0.931 bits per heavy atom. The van der Waals surface area contributed by atoms with Gasteiger partial charge in [0.25, 0.3) is 0 Å². The number of allylic oxidation sites excluding steroid dienone is 1. The maximum absolute atomic E-state index is 11.9. The van der Waals surface area contributed by atoms with Crippen LogP contribution < -0.4 is 9.47 Å². The number of carbonyl (C=O) groups is 1. The maximum Gasteiger partial charge on any atom is 0.349 e. The van der Waals surface area contributed by atoms with E-state index >= 15 is 0 Å². The molecule has 0 saturated heterocycles. The molecule has 0 radical (unpaired) electrons. The van der Waals surface area contributed by atoms with Crippen LogP contribution in [0.15, 0.2) is 72.8 Å². The van der Waals surface area contributed by atoms with Gasteiger partial charge >= 0.3 is 5.97 Å². The summed E-state index contributed by atoms with van der Waals surface area (Å²) in [6.45, 7) is -0.226. The third kappa shape index (κ3) is 6.11. The lowest BCUT2D eigenvalue weighted by atomic mass is 10.0. The fraction of sp³-hybridized carbons (Fsp3) is 0.0435. The highest BCUT2D eigenvalue weighted by Gasteiger charge is 2.07. The van der Waals surface area contributed by atoms with Crippen LogP contribution in [0.4, 0.5) is 0 Å². The fourth-order valence-corrected chi connectivity index (χ4v) is 2.79. The Kier molecular flexibility index (Phi) is 6.91. The molecule has 0 aromatic heterocycles.